The third kappa shape index (κ3) is 4.32. The summed E-state index contributed by atoms with van der Waals surface area (Å²) >= 11 is 0. The van der Waals surface area contributed by atoms with Crippen LogP contribution in [-0.4, -0.2) is 59.8 Å². The van der Waals surface area contributed by atoms with Gasteiger partial charge in [0.15, 0.2) is 5.69 Å². The van der Waals surface area contributed by atoms with E-state index in [4.69, 9.17) is 0 Å². The molecule has 7 nitrogen and oxygen atoms in total. The Balaban J connectivity index is 2.21. The van der Waals surface area contributed by atoms with Gasteiger partial charge in [-0.1, -0.05) is 19.4 Å². The van der Waals surface area contributed by atoms with Crippen molar-refractivity contribution in [1.29, 1.82) is 0 Å². The van der Waals surface area contributed by atoms with Gasteiger partial charge < -0.3 is 15.5 Å². The minimum Gasteiger partial charge on any atom is -0.349 e. The molecular weight excluding hydrogens is 306 g/mol. The van der Waals surface area contributed by atoms with Gasteiger partial charge in [0.2, 0.25) is 5.82 Å². The van der Waals surface area contributed by atoms with E-state index in [-0.39, 0.29) is 23.3 Å². The summed E-state index contributed by atoms with van der Waals surface area (Å²) < 4.78 is 1.65. The molecule has 0 saturated heterocycles. The molecule has 2 N–H and O–H groups in total. The molecule has 0 aromatic carbocycles. The van der Waals surface area contributed by atoms with Gasteiger partial charge in [-0.2, -0.15) is 0 Å². The summed E-state index contributed by atoms with van der Waals surface area (Å²) in [7, 11) is 3.88. The molecule has 130 valence electrons. The number of unbranched alkanes of at least 4 members (excludes halogenated alkanes) is 1. The van der Waals surface area contributed by atoms with Crippen molar-refractivity contribution in [2.45, 2.75) is 19.8 Å². The lowest BCUT2D eigenvalue weighted by Crippen LogP contribution is -2.31. The summed E-state index contributed by atoms with van der Waals surface area (Å²) in [6, 6.07) is 5.42. The molecule has 0 bridgehead atoms. The van der Waals surface area contributed by atoms with E-state index in [1.54, 1.807) is 16.7 Å². The fourth-order valence-electron chi connectivity index (χ4n) is 2.30. The predicted molar refractivity (Wildman–Crippen MR) is 93.3 cm³/mol. The van der Waals surface area contributed by atoms with Crippen LogP contribution in [0.5, 0.6) is 0 Å². The van der Waals surface area contributed by atoms with Crippen molar-refractivity contribution in [3.63, 3.8) is 0 Å². The number of imidazole rings is 1. The number of rotatable bonds is 8. The highest BCUT2D eigenvalue weighted by molar-refractivity contribution is 6.02. The van der Waals surface area contributed by atoms with E-state index in [9.17, 15) is 9.59 Å². The molecule has 0 atom stereocenters. The molecule has 2 amide bonds. The monoisotopic (exact) mass is 331 g/mol. The molecule has 24 heavy (non-hydrogen) atoms. The fraction of sp³-hybridized carbons (Fsp3) is 0.471. The Hall–Kier alpha value is -2.41. The van der Waals surface area contributed by atoms with Crippen molar-refractivity contribution < 1.29 is 9.59 Å². The van der Waals surface area contributed by atoms with Crippen LogP contribution in [0.25, 0.3) is 5.52 Å². The summed E-state index contributed by atoms with van der Waals surface area (Å²) in [6.07, 6.45) is 3.66. The van der Waals surface area contributed by atoms with Crippen LogP contribution in [0.15, 0.2) is 24.4 Å². The Morgan fingerprint density at radius 1 is 1.17 bits per heavy atom. The molecule has 2 aromatic rings. The summed E-state index contributed by atoms with van der Waals surface area (Å²) in [6.45, 7) is 3.92. The number of pyridine rings is 1. The van der Waals surface area contributed by atoms with E-state index < -0.39 is 0 Å². The molecule has 0 unspecified atom stereocenters. The van der Waals surface area contributed by atoms with Gasteiger partial charge in [-0.15, -0.1) is 0 Å². The van der Waals surface area contributed by atoms with E-state index in [0.717, 1.165) is 19.4 Å². The normalized spacial score (nSPS) is 11.0. The number of hydrogen-bond donors (Lipinski definition) is 2. The first-order chi connectivity index (χ1) is 11.5. The van der Waals surface area contributed by atoms with Crippen LogP contribution in [-0.2, 0) is 0 Å². The lowest BCUT2D eigenvalue weighted by atomic mass is 10.3. The van der Waals surface area contributed by atoms with E-state index >= 15 is 0 Å². The van der Waals surface area contributed by atoms with Crippen molar-refractivity contribution in [2.75, 3.05) is 33.7 Å². The number of nitrogens with one attached hydrogen (secondary N) is 2. The van der Waals surface area contributed by atoms with Gasteiger partial charge in [0, 0.05) is 25.8 Å². The van der Waals surface area contributed by atoms with Crippen LogP contribution >= 0.6 is 0 Å². The molecule has 0 fully saturated rings. The highest BCUT2D eigenvalue weighted by Gasteiger charge is 2.20. The van der Waals surface area contributed by atoms with Gasteiger partial charge in [-0.3, -0.25) is 14.0 Å². The molecule has 0 spiro atoms. The molecular formula is C17H25N5O2. The third-order valence-corrected chi connectivity index (χ3v) is 3.63. The number of amides is 2. The summed E-state index contributed by atoms with van der Waals surface area (Å²) in [5.74, 6) is -0.301. The quantitative estimate of drug-likeness (QED) is 0.712. The molecule has 2 rings (SSSR count). The first-order valence-corrected chi connectivity index (χ1v) is 8.22. The zero-order valence-corrected chi connectivity index (χ0v) is 14.5. The minimum absolute atomic E-state index is 0.236. The van der Waals surface area contributed by atoms with Crippen molar-refractivity contribution in [3.05, 3.63) is 35.9 Å². The number of nitrogens with zero attached hydrogens (tertiary/aromatic N) is 3. The average molecular weight is 331 g/mol. The van der Waals surface area contributed by atoms with E-state index in [1.807, 2.05) is 31.1 Å². The molecule has 0 radical (unpaired) electrons. The van der Waals surface area contributed by atoms with Gasteiger partial charge in [-0.25, -0.2) is 4.98 Å². The second-order valence-corrected chi connectivity index (χ2v) is 5.91. The SMILES string of the molecule is CCCCNC(=O)c1nc(C(=O)NCCN(C)C)c2ccccn12. The number of carbonyl (C=O) groups excluding carboxylic acids is 2. The first kappa shape index (κ1) is 17.9. The summed E-state index contributed by atoms with van der Waals surface area (Å²) in [5, 5.41) is 5.68. The lowest BCUT2D eigenvalue weighted by molar-refractivity contribution is 0.0942. The Morgan fingerprint density at radius 3 is 2.62 bits per heavy atom. The van der Waals surface area contributed by atoms with E-state index in [2.05, 4.69) is 22.5 Å². The average Bonchev–Trinajstić information content (AvgIpc) is 2.94. The zero-order chi connectivity index (χ0) is 17.5. The van der Waals surface area contributed by atoms with Crippen molar-refractivity contribution in [2.24, 2.45) is 0 Å². The highest BCUT2D eigenvalue weighted by atomic mass is 16.2. The molecule has 2 heterocycles. The maximum atomic E-state index is 12.4. The Morgan fingerprint density at radius 2 is 1.92 bits per heavy atom. The van der Waals surface area contributed by atoms with Crippen LogP contribution in [0.2, 0.25) is 0 Å². The Bertz CT molecular complexity index is 708. The van der Waals surface area contributed by atoms with E-state index in [0.29, 0.717) is 18.6 Å². The molecule has 2 aromatic heterocycles. The number of aromatic nitrogens is 2. The number of likely N-dealkylation sites (N-methyl/N-ethyl adjacent to an activating group) is 1. The smallest absolute Gasteiger partial charge is 0.287 e. The van der Waals surface area contributed by atoms with Gasteiger partial charge in [0.05, 0.1) is 5.52 Å². The molecule has 0 aliphatic carbocycles. The topological polar surface area (TPSA) is 78.7 Å². The van der Waals surface area contributed by atoms with Crippen LogP contribution in [0, 0.1) is 0 Å². The predicted octanol–water partition coefficient (Wildman–Crippen LogP) is 1.16. The Kier molecular flexibility index (Phi) is 6.31. The number of carbonyl (C=O) groups is 2. The van der Waals surface area contributed by atoms with Crippen LogP contribution in [0.3, 0.4) is 0 Å². The zero-order valence-electron chi connectivity index (χ0n) is 14.5. The molecule has 0 saturated carbocycles. The summed E-state index contributed by atoms with van der Waals surface area (Å²) in [5.41, 5.74) is 0.899. The summed E-state index contributed by atoms with van der Waals surface area (Å²) in [4.78, 5) is 31.0. The van der Waals surface area contributed by atoms with Crippen molar-refractivity contribution >= 4 is 17.3 Å². The molecule has 0 aliphatic heterocycles. The third-order valence-electron chi connectivity index (χ3n) is 3.63. The van der Waals surface area contributed by atoms with Gasteiger partial charge in [0.25, 0.3) is 11.8 Å². The standard InChI is InChI=1S/C17H25N5O2/c1-4-5-9-18-17(24)15-20-14(13-8-6-7-11-22(13)15)16(23)19-10-12-21(2)3/h6-8,11H,4-5,9-10,12H2,1-3H3,(H,18,24)(H,19,23). The first-order valence-electron chi connectivity index (χ1n) is 8.22. The van der Waals surface area contributed by atoms with Crippen molar-refractivity contribution in [1.82, 2.24) is 24.9 Å². The van der Waals surface area contributed by atoms with Crippen molar-refractivity contribution in [3.8, 4) is 0 Å². The largest absolute Gasteiger partial charge is 0.349 e. The maximum absolute atomic E-state index is 12.4. The van der Waals surface area contributed by atoms with Gasteiger partial charge >= 0.3 is 0 Å². The number of fused-ring (bicyclic) bond motifs is 1. The van der Waals surface area contributed by atoms with Gasteiger partial charge in [-0.05, 0) is 32.6 Å². The fourth-order valence-corrected chi connectivity index (χ4v) is 2.30. The van der Waals surface area contributed by atoms with Crippen LogP contribution < -0.4 is 10.6 Å². The maximum Gasteiger partial charge on any atom is 0.287 e. The Labute approximate surface area is 142 Å². The second-order valence-electron chi connectivity index (χ2n) is 5.91. The molecule has 7 heteroatoms. The minimum atomic E-state index is -0.270. The van der Waals surface area contributed by atoms with Gasteiger partial charge in [0.1, 0.15) is 0 Å². The van der Waals surface area contributed by atoms with E-state index in [1.165, 1.54) is 0 Å². The lowest BCUT2D eigenvalue weighted by Gasteiger charge is -2.09. The number of hydrogen-bond acceptors (Lipinski definition) is 4. The second kappa shape index (κ2) is 8.44. The highest BCUT2D eigenvalue weighted by Crippen LogP contribution is 2.13. The van der Waals surface area contributed by atoms with Crippen LogP contribution in [0.4, 0.5) is 0 Å². The molecule has 0 aliphatic rings. The van der Waals surface area contributed by atoms with Crippen LogP contribution in [0.1, 0.15) is 40.9 Å².